The highest BCUT2D eigenvalue weighted by Gasteiger charge is 2.22. The van der Waals surface area contributed by atoms with E-state index in [2.05, 4.69) is 16.9 Å². The molecule has 18 heavy (non-hydrogen) atoms. The third kappa shape index (κ3) is 1.69. The third-order valence-electron chi connectivity index (χ3n) is 3.55. The van der Waals surface area contributed by atoms with Gasteiger partial charge in [-0.15, -0.1) is 11.3 Å². The maximum Gasteiger partial charge on any atom is 0.161 e. The van der Waals surface area contributed by atoms with E-state index >= 15 is 0 Å². The lowest BCUT2D eigenvalue weighted by Gasteiger charge is -2.12. The molecular weight excluding hydrogens is 246 g/mol. The van der Waals surface area contributed by atoms with Crippen molar-refractivity contribution in [3.05, 3.63) is 16.3 Å². The lowest BCUT2D eigenvalue weighted by molar-refractivity contribution is 0.0930. The predicted molar refractivity (Wildman–Crippen MR) is 73.9 cm³/mol. The molecule has 5 heteroatoms. The van der Waals surface area contributed by atoms with Gasteiger partial charge in [0.15, 0.2) is 5.82 Å². The number of thiophene rings is 1. The predicted octanol–water partition coefficient (Wildman–Crippen LogP) is 2.86. The van der Waals surface area contributed by atoms with Crippen molar-refractivity contribution in [2.24, 2.45) is 0 Å². The summed E-state index contributed by atoms with van der Waals surface area (Å²) in [5, 5.41) is 1.09. The van der Waals surface area contributed by atoms with E-state index in [9.17, 15) is 0 Å². The Bertz CT molecular complexity index is 589. The van der Waals surface area contributed by atoms with Crippen LogP contribution in [0.1, 0.15) is 42.1 Å². The second-order valence-corrected chi connectivity index (χ2v) is 5.72. The lowest BCUT2D eigenvalue weighted by atomic mass is 10.2. The van der Waals surface area contributed by atoms with Gasteiger partial charge in [-0.3, -0.25) is 0 Å². The Balaban J connectivity index is 2.17. The Labute approximate surface area is 110 Å². The van der Waals surface area contributed by atoms with Gasteiger partial charge in [0, 0.05) is 12.0 Å². The number of hydrogen-bond acceptors (Lipinski definition) is 5. The Kier molecular flexibility index (Phi) is 2.95. The van der Waals surface area contributed by atoms with Crippen molar-refractivity contribution in [2.45, 2.75) is 38.7 Å². The molecule has 1 aliphatic rings. The minimum absolute atomic E-state index is 0.0614. The summed E-state index contributed by atoms with van der Waals surface area (Å²) in [6.45, 7) is 2.06. The van der Waals surface area contributed by atoms with Crippen molar-refractivity contribution in [3.63, 3.8) is 0 Å². The second-order valence-electron chi connectivity index (χ2n) is 4.64. The summed E-state index contributed by atoms with van der Waals surface area (Å²) in [5.41, 5.74) is 7.50. The van der Waals surface area contributed by atoms with Gasteiger partial charge in [-0.1, -0.05) is 6.92 Å². The molecule has 0 fully saturated rings. The molecule has 0 saturated carbocycles. The zero-order valence-electron chi connectivity index (χ0n) is 10.7. The summed E-state index contributed by atoms with van der Waals surface area (Å²) >= 11 is 1.77. The van der Waals surface area contributed by atoms with E-state index in [0.29, 0.717) is 11.6 Å². The molecule has 2 aromatic rings. The van der Waals surface area contributed by atoms with Crippen molar-refractivity contribution < 1.29 is 4.74 Å². The molecule has 0 radical (unpaired) electrons. The van der Waals surface area contributed by atoms with Crippen LogP contribution in [-0.2, 0) is 17.6 Å². The molecule has 3 rings (SSSR count). The quantitative estimate of drug-likeness (QED) is 0.925. The maximum atomic E-state index is 6.12. The monoisotopic (exact) mass is 263 g/mol. The lowest BCUT2D eigenvalue weighted by Crippen LogP contribution is -2.07. The number of aromatic nitrogens is 2. The minimum Gasteiger partial charge on any atom is -0.383 e. The van der Waals surface area contributed by atoms with E-state index in [0.717, 1.165) is 29.5 Å². The Morgan fingerprint density at radius 1 is 1.39 bits per heavy atom. The van der Waals surface area contributed by atoms with Gasteiger partial charge in [-0.2, -0.15) is 0 Å². The van der Waals surface area contributed by atoms with Crippen molar-refractivity contribution >= 4 is 27.4 Å². The molecule has 4 nitrogen and oxygen atoms in total. The number of nitrogens with two attached hydrogens (primary N) is 1. The van der Waals surface area contributed by atoms with E-state index < -0.39 is 0 Å². The molecule has 1 unspecified atom stereocenters. The van der Waals surface area contributed by atoms with Crippen LogP contribution in [-0.4, -0.2) is 17.1 Å². The van der Waals surface area contributed by atoms with Gasteiger partial charge >= 0.3 is 0 Å². The summed E-state index contributed by atoms with van der Waals surface area (Å²) in [7, 11) is 1.69. The van der Waals surface area contributed by atoms with Gasteiger partial charge in [-0.25, -0.2) is 9.97 Å². The summed E-state index contributed by atoms with van der Waals surface area (Å²) in [6, 6.07) is 0. The molecule has 96 valence electrons. The highest BCUT2D eigenvalue weighted by Crippen LogP contribution is 2.39. The number of rotatable bonds is 3. The smallest absolute Gasteiger partial charge is 0.161 e. The number of nitrogen functional groups attached to an aromatic ring is 1. The standard InChI is InChI=1S/C13H17N3OS/c1-3-8(17-2)12-15-11(14)10-7-5-4-6-9(7)18-13(10)16-12/h8H,3-6H2,1-2H3,(H2,14,15,16). The van der Waals surface area contributed by atoms with Crippen molar-refractivity contribution in [1.82, 2.24) is 9.97 Å². The number of ether oxygens (including phenoxy) is 1. The largest absolute Gasteiger partial charge is 0.383 e. The molecule has 0 aliphatic heterocycles. The molecular formula is C13H17N3OS. The highest BCUT2D eigenvalue weighted by atomic mass is 32.1. The van der Waals surface area contributed by atoms with Crippen LogP contribution >= 0.6 is 11.3 Å². The molecule has 2 N–H and O–H groups in total. The third-order valence-corrected chi connectivity index (χ3v) is 4.74. The molecule has 2 aromatic heterocycles. The fourth-order valence-electron chi connectivity index (χ4n) is 2.64. The number of hydrogen-bond donors (Lipinski definition) is 1. The Morgan fingerprint density at radius 3 is 2.94 bits per heavy atom. The summed E-state index contributed by atoms with van der Waals surface area (Å²) in [6.07, 6.45) is 4.30. The SMILES string of the molecule is CCC(OC)c1nc(N)c2c3c(sc2n1)CCC3. The molecule has 2 heterocycles. The molecule has 0 amide bonds. The van der Waals surface area contributed by atoms with Crippen LogP contribution in [0.4, 0.5) is 5.82 Å². The van der Waals surface area contributed by atoms with Crippen molar-refractivity contribution in [1.29, 1.82) is 0 Å². The van der Waals surface area contributed by atoms with Gasteiger partial charge in [-0.05, 0) is 31.2 Å². The zero-order chi connectivity index (χ0) is 12.7. The minimum atomic E-state index is -0.0614. The average Bonchev–Trinajstić information content (AvgIpc) is 2.89. The van der Waals surface area contributed by atoms with Crippen LogP contribution in [0.15, 0.2) is 0 Å². The van der Waals surface area contributed by atoms with Gasteiger partial charge in [0.2, 0.25) is 0 Å². The molecule has 0 saturated heterocycles. The Morgan fingerprint density at radius 2 is 2.22 bits per heavy atom. The number of anilines is 1. The van der Waals surface area contributed by atoms with E-state index in [1.54, 1.807) is 18.4 Å². The molecule has 0 bridgehead atoms. The highest BCUT2D eigenvalue weighted by molar-refractivity contribution is 7.19. The number of methoxy groups -OCH3 is 1. The maximum absolute atomic E-state index is 6.12. The normalized spacial score (nSPS) is 16.1. The van der Waals surface area contributed by atoms with Crippen LogP contribution in [0.25, 0.3) is 10.2 Å². The zero-order valence-corrected chi connectivity index (χ0v) is 11.5. The summed E-state index contributed by atoms with van der Waals surface area (Å²) in [5.74, 6) is 1.33. The topological polar surface area (TPSA) is 61.0 Å². The van der Waals surface area contributed by atoms with Crippen molar-refractivity contribution in [3.8, 4) is 0 Å². The van der Waals surface area contributed by atoms with Gasteiger partial charge in [0.1, 0.15) is 16.8 Å². The number of nitrogens with zero attached hydrogens (tertiary/aromatic N) is 2. The van der Waals surface area contributed by atoms with Crippen LogP contribution in [0.5, 0.6) is 0 Å². The molecule has 0 aromatic carbocycles. The first kappa shape index (κ1) is 11.9. The first-order valence-electron chi connectivity index (χ1n) is 6.35. The van der Waals surface area contributed by atoms with Gasteiger partial charge in [0.05, 0.1) is 5.39 Å². The van der Waals surface area contributed by atoms with E-state index in [-0.39, 0.29) is 6.10 Å². The van der Waals surface area contributed by atoms with E-state index in [1.807, 2.05) is 0 Å². The average molecular weight is 263 g/mol. The Hall–Kier alpha value is -1.20. The second kappa shape index (κ2) is 4.48. The van der Waals surface area contributed by atoms with Gasteiger partial charge < -0.3 is 10.5 Å². The fourth-order valence-corrected chi connectivity index (χ4v) is 3.92. The van der Waals surface area contributed by atoms with Crippen LogP contribution in [0.2, 0.25) is 0 Å². The summed E-state index contributed by atoms with van der Waals surface area (Å²) < 4.78 is 5.39. The summed E-state index contributed by atoms with van der Waals surface area (Å²) in [4.78, 5) is 11.5. The number of aryl methyl sites for hydroxylation is 2. The fraction of sp³-hybridized carbons (Fsp3) is 0.538. The first-order valence-corrected chi connectivity index (χ1v) is 7.16. The number of fused-ring (bicyclic) bond motifs is 3. The first-order chi connectivity index (χ1) is 8.74. The van der Waals surface area contributed by atoms with Crippen LogP contribution in [0.3, 0.4) is 0 Å². The molecule has 0 spiro atoms. The molecule has 1 aliphatic carbocycles. The van der Waals surface area contributed by atoms with Crippen molar-refractivity contribution in [2.75, 3.05) is 12.8 Å². The molecule has 1 atom stereocenters. The van der Waals surface area contributed by atoms with Gasteiger partial charge in [0.25, 0.3) is 0 Å². The van der Waals surface area contributed by atoms with Crippen LogP contribution < -0.4 is 5.73 Å². The van der Waals surface area contributed by atoms with E-state index in [1.165, 1.54) is 16.9 Å². The van der Waals surface area contributed by atoms with E-state index in [4.69, 9.17) is 10.5 Å². The van der Waals surface area contributed by atoms with Crippen LogP contribution in [0, 0.1) is 0 Å².